The Morgan fingerprint density at radius 2 is 1.96 bits per heavy atom. The van der Waals surface area contributed by atoms with Gasteiger partial charge >= 0.3 is 6.03 Å². The first-order valence-corrected chi connectivity index (χ1v) is 9.45. The number of carbonyl (C=O) groups excluding carboxylic acids is 2. The van der Waals surface area contributed by atoms with Crippen molar-refractivity contribution in [2.45, 2.75) is 31.2 Å². The van der Waals surface area contributed by atoms with Gasteiger partial charge in [-0.1, -0.05) is 0 Å². The van der Waals surface area contributed by atoms with Gasteiger partial charge in [-0.3, -0.25) is 9.48 Å². The first-order valence-electron chi connectivity index (χ1n) is 9.45. The van der Waals surface area contributed by atoms with Gasteiger partial charge < -0.3 is 19.5 Å². The molecule has 1 atom stereocenters. The molecule has 8 heteroatoms. The fourth-order valence-corrected chi connectivity index (χ4v) is 3.93. The summed E-state index contributed by atoms with van der Waals surface area (Å²) in [5, 5.41) is 7.37. The largest absolute Gasteiger partial charge is 0.472 e. The molecule has 0 aromatic carbocycles. The highest BCUT2D eigenvalue weighted by atomic mass is 16.3. The zero-order valence-electron chi connectivity index (χ0n) is 15.5. The summed E-state index contributed by atoms with van der Waals surface area (Å²) in [6.45, 7) is 2.79. The topological polar surface area (TPSA) is 83.6 Å². The van der Waals surface area contributed by atoms with E-state index >= 15 is 0 Å². The second-order valence-corrected chi connectivity index (χ2v) is 7.41. The molecule has 3 amide bonds. The summed E-state index contributed by atoms with van der Waals surface area (Å²) >= 11 is 0. The number of rotatable bonds is 3. The SMILES string of the molecule is Cn1cc(C2CCN(C(=O)NC3CCN(C(=O)c4ccoc4)CC3)C2)cn1. The zero-order valence-corrected chi connectivity index (χ0v) is 15.5. The van der Waals surface area contributed by atoms with E-state index in [9.17, 15) is 9.59 Å². The smallest absolute Gasteiger partial charge is 0.317 e. The maximum absolute atomic E-state index is 12.6. The summed E-state index contributed by atoms with van der Waals surface area (Å²) in [6.07, 6.45) is 9.41. The molecule has 0 bridgehead atoms. The Kier molecular flexibility index (Phi) is 4.87. The van der Waals surface area contributed by atoms with Gasteiger partial charge in [0.2, 0.25) is 0 Å². The summed E-state index contributed by atoms with van der Waals surface area (Å²) in [4.78, 5) is 28.6. The van der Waals surface area contributed by atoms with Crippen LogP contribution in [-0.2, 0) is 7.05 Å². The van der Waals surface area contributed by atoms with Crippen LogP contribution < -0.4 is 5.32 Å². The minimum absolute atomic E-state index is 0.000927. The Balaban J connectivity index is 1.24. The van der Waals surface area contributed by atoms with Crippen LogP contribution in [0.25, 0.3) is 0 Å². The van der Waals surface area contributed by atoms with Crippen LogP contribution in [0.1, 0.15) is 41.1 Å². The van der Waals surface area contributed by atoms with E-state index < -0.39 is 0 Å². The quantitative estimate of drug-likeness (QED) is 0.892. The van der Waals surface area contributed by atoms with Crippen molar-refractivity contribution < 1.29 is 14.0 Å². The van der Waals surface area contributed by atoms with Crippen molar-refractivity contribution in [1.29, 1.82) is 0 Å². The molecule has 2 aromatic rings. The maximum atomic E-state index is 12.6. The van der Waals surface area contributed by atoms with Crippen molar-refractivity contribution >= 4 is 11.9 Å². The van der Waals surface area contributed by atoms with Gasteiger partial charge in [-0.05, 0) is 30.9 Å². The highest BCUT2D eigenvalue weighted by molar-refractivity contribution is 5.93. The zero-order chi connectivity index (χ0) is 18.8. The van der Waals surface area contributed by atoms with Gasteiger partial charge in [-0.25, -0.2) is 4.79 Å². The molecule has 1 N–H and O–H groups in total. The number of nitrogens with zero attached hydrogens (tertiary/aromatic N) is 4. The average molecular weight is 371 g/mol. The molecule has 1 unspecified atom stereocenters. The summed E-state index contributed by atoms with van der Waals surface area (Å²) < 4.78 is 6.79. The molecule has 0 saturated carbocycles. The minimum Gasteiger partial charge on any atom is -0.472 e. The lowest BCUT2D eigenvalue weighted by atomic mass is 10.0. The summed E-state index contributed by atoms with van der Waals surface area (Å²) in [5.74, 6) is 0.353. The summed E-state index contributed by atoms with van der Waals surface area (Å²) in [5.41, 5.74) is 1.77. The number of aromatic nitrogens is 2. The third-order valence-corrected chi connectivity index (χ3v) is 5.55. The first-order chi connectivity index (χ1) is 13.1. The normalized spacial score (nSPS) is 20.9. The Morgan fingerprint density at radius 1 is 1.19 bits per heavy atom. The van der Waals surface area contributed by atoms with E-state index in [1.54, 1.807) is 10.7 Å². The molecule has 8 nitrogen and oxygen atoms in total. The molecule has 0 spiro atoms. The third kappa shape index (κ3) is 3.84. The molecule has 4 rings (SSSR count). The molecule has 144 valence electrons. The molecule has 2 aliphatic rings. The van der Waals surface area contributed by atoms with Crippen molar-refractivity contribution in [3.63, 3.8) is 0 Å². The highest BCUT2D eigenvalue weighted by Gasteiger charge is 2.30. The van der Waals surface area contributed by atoms with E-state index in [4.69, 9.17) is 4.42 Å². The van der Waals surface area contributed by atoms with Crippen molar-refractivity contribution in [2.24, 2.45) is 7.05 Å². The molecule has 2 aliphatic heterocycles. The number of aryl methyl sites for hydroxylation is 1. The number of amides is 3. The van der Waals surface area contributed by atoms with Gasteiger partial charge in [0.15, 0.2) is 0 Å². The first kappa shape index (κ1) is 17.6. The van der Waals surface area contributed by atoms with Crippen molar-refractivity contribution in [1.82, 2.24) is 24.9 Å². The Bertz CT molecular complexity index is 792. The number of carbonyl (C=O) groups is 2. The number of hydrogen-bond donors (Lipinski definition) is 1. The van der Waals surface area contributed by atoms with Crippen LogP contribution in [0.5, 0.6) is 0 Å². The number of piperidine rings is 1. The lowest BCUT2D eigenvalue weighted by Gasteiger charge is -2.33. The summed E-state index contributed by atoms with van der Waals surface area (Å²) in [6, 6.07) is 1.80. The molecule has 2 aromatic heterocycles. The molecule has 0 radical (unpaired) electrons. The molecule has 2 saturated heterocycles. The van der Waals surface area contributed by atoms with Gasteiger partial charge in [0, 0.05) is 51.4 Å². The Hall–Kier alpha value is -2.77. The van der Waals surface area contributed by atoms with Crippen LogP contribution in [-0.4, -0.2) is 63.7 Å². The van der Waals surface area contributed by atoms with Crippen LogP contribution in [0, 0.1) is 0 Å². The molecule has 4 heterocycles. The molecule has 27 heavy (non-hydrogen) atoms. The van der Waals surface area contributed by atoms with Crippen LogP contribution in [0.2, 0.25) is 0 Å². The van der Waals surface area contributed by atoms with Crippen LogP contribution in [0.15, 0.2) is 35.4 Å². The number of urea groups is 1. The van der Waals surface area contributed by atoms with Crippen LogP contribution in [0.4, 0.5) is 4.79 Å². The number of nitrogens with one attached hydrogen (secondary N) is 1. The van der Waals surface area contributed by atoms with Crippen molar-refractivity contribution in [3.8, 4) is 0 Å². The van der Waals surface area contributed by atoms with E-state index in [2.05, 4.69) is 10.4 Å². The lowest BCUT2D eigenvalue weighted by Crippen LogP contribution is -2.49. The van der Waals surface area contributed by atoms with Gasteiger partial charge in [0.25, 0.3) is 5.91 Å². The second-order valence-electron chi connectivity index (χ2n) is 7.41. The maximum Gasteiger partial charge on any atom is 0.317 e. The van der Waals surface area contributed by atoms with E-state index in [-0.39, 0.29) is 18.0 Å². The third-order valence-electron chi connectivity index (χ3n) is 5.55. The monoisotopic (exact) mass is 371 g/mol. The fourth-order valence-electron chi connectivity index (χ4n) is 3.93. The standard InChI is InChI=1S/C19H25N5O3/c1-22-11-16(10-20-22)14-2-6-24(12-14)19(26)21-17-3-7-23(8-4-17)18(25)15-5-9-27-13-15/h5,9-11,13-14,17H,2-4,6-8,12H2,1H3,(H,21,26). The lowest BCUT2D eigenvalue weighted by molar-refractivity contribution is 0.0706. The Labute approximate surface area is 158 Å². The highest BCUT2D eigenvalue weighted by Crippen LogP contribution is 2.27. The van der Waals surface area contributed by atoms with E-state index in [0.29, 0.717) is 24.6 Å². The van der Waals surface area contributed by atoms with E-state index in [1.807, 2.05) is 29.2 Å². The number of likely N-dealkylation sites (tertiary alicyclic amines) is 2. The Morgan fingerprint density at radius 3 is 2.63 bits per heavy atom. The summed E-state index contributed by atoms with van der Waals surface area (Å²) in [7, 11) is 1.91. The van der Waals surface area contributed by atoms with Crippen molar-refractivity contribution in [2.75, 3.05) is 26.2 Å². The number of furan rings is 1. The van der Waals surface area contributed by atoms with E-state index in [1.165, 1.54) is 18.1 Å². The fraction of sp³-hybridized carbons (Fsp3) is 0.526. The average Bonchev–Trinajstić information content (AvgIpc) is 3.43. The van der Waals surface area contributed by atoms with Crippen LogP contribution >= 0.6 is 0 Å². The van der Waals surface area contributed by atoms with Gasteiger partial charge in [0.05, 0.1) is 18.0 Å². The second kappa shape index (κ2) is 7.46. The molecule has 0 aliphatic carbocycles. The molecule has 2 fully saturated rings. The van der Waals surface area contributed by atoms with Gasteiger partial charge in [-0.15, -0.1) is 0 Å². The van der Waals surface area contributed by atoms with Crippen LogP contribution in [0.3, 0.4) is 0 Å². The molecular weight excluding hydrogens is 346 g/mol. The predicted molar refractivity (Wildman–Crippen MR) is 98.3 cm³/mol. The van der Waals surface area contributed by atoms with E-state index in [0.717, 1.165) is 32.4 Å². The predicted octanol–water partition coefficient (Wildman–Crippen LogP) is 1.82. The van der Waals surface area contributed by atoms with Gasteiger partial charge in [-0.2, -0.15) is 5.10 Å². The number of hydrogen-bond acceptors (Lipinski definition) is 4. The van der Waals surface area contributed by atoms with Gasteiger partial charge in [0.1, 0.15) is 6.26 Å². The minimum atomic E-state index is -0.00705. The van der Waals surface area contributed by atoms with Crippen molar-refractivity contribution in [3.05, 3.63) is 42.1 Å². The molecular formula is C19H25N5O3.